The summed E-state index contributed by atoms with van der Waals surface area (Å²) in [6.07, 6.45) is 10.7. The first-order chi connectivity index (χ1) is 8.25. The molecule has 1 fully saturated rings. The van der Waals surface area contributed by atoms with Crippen LogP contribution in [0.25, 0.3) is 0 Å². The molecule has 1 heterocycles. The lowest BCUT2D eigenvalue weighted by Gasteiger charge is -2.32. The number of aliphatic imine (C=N–C) groups is 1. The molecule has 0 aromatic heterocycles. The molecule has 1 N–H and O–H groups in total. The number of nitrogens with one attached hydrogen (secondary N) is 1. The summed E-state index contributed by atoms with van der Waals surface area (Å²) in [5.74, 6) is 1.28. The summed E-state index contributed by atoms with van der Waals surface area (Å²) in [4.78, 5) is 5.00. The molecule has 0 saturated heterocycles. The van der Waals surface area contributed by atoms with Gasteiger partial charge in [0.2, 0.25) is 0 Å². The van der Waals surface area contributed by atoms with Crippen molar-refractivity contribution >= 4 is 5.84 Å². The average Bonchev–Trinajstić information content (AvgIpc) is 2.80. The molecule has 0 spiro atoms. The van der Waals surface area contributed by atoms with Gasteiger partial charge in [-0.15, -0.1) is 6.58 Å². The zero-order valence-corrected chi connectivity index (χ0v) is 11.3. The molecule has 1 aliphatic carbocycles. The van der Waals surface area contributed by atoms with Gasteiger partial charge in [0, 0.05) is 11.5 Å². The topological polar surface area (TPSA) is 24.4 Å². The van der Waals surface area contributed by atoms with E-state index in [2.05, 4.69) is 31.8 Å². The minimum atomic E-state index is 0.221. The Morgan fingerprint density at radius 2 is 2.06 bits per heavy atom. The van der Waals surface area contributed by atoms with Crippen LogP contribution < -0.4 is 5.32 Å². The summed E-state index contributed by atoms with van der Waals surface area (Å²) in [5, 5.41) is 3.72. The molecule has 0 bridgehead atoms. The van der Waals surface area contributed by atoms with Gasteiger partial charge in [-0.25, -0.2) is 0 Å². The Hall–Kier alpha value is -0.790. The Bertz CT molecular complexity index is 302. The first-order valence-corrected chi connectivity index (χ1v) is 7.21. The summed E-state index contributed by atoms with van der Waals surface area (Å²) >= 11 is 0. The van der Waals surface area contributed by atoms with E-state index in [0.717, 1.165) is 19.3 Å². The van der Waals surface area contributed by atoms with E-state index in [1.54, 1.807) is 0 Å². The smallest absolute Gasteiger partial charge is 0.104 e. The number of fused-ring (bicyclic) bond motifs is 1. The number of rotatable bonds is 5. The molecule has 2 atom stereocenters. The molecule has 1 saturated carbocycles. The van der Waals surface area contributed by atoms with Crippen molar-refractivity contribution in [3.63, 3.8) is 0 Å². The quantitative estimate of drug-likeness (QED) is 0.721. The van der Waals surface area contributed by atoms with E-state index in [1.807, 2.05) is 0 Å². The lowest BCUT2D eigenvalue weighted by Crippen LogP contribution is -2.43. The second-order valence-corrected chi connectivity index (χ2v) is 5.56. The van der Waals surface area contributed by atoms with E-state index in [-0.39, 0.29) is 5.41 Å². The molecule has 0 aromatic rings. The zero-order chi connectivity index (χ0) is 12.3. The van der Waals surface area contributed by atoms with Crippen molar-refractivity contribution in [1.29, 1.82) is 0 Å². The van der Waals surface area contributed by atoms with Crippen LogP contribution in [0.5, 0.6) is 0 Å². The molecule has 0 amide bonds. The number of allylic oxidation sites excluding steroid dienone is 1. The fourth-order valence-corrected chi connectivity index (χ4v) is 3.35. The van der Waals surface area contributed by atoms with Crippen molar-refractivity contribution < 1.29 is 0 Å². The van der Waals surface area contributed by atoms with Gasteiger partial charge in [0.15, 0.2) is 0 Å². The molecule has 2 heteroatoms. The zero-order valence-electron chi connectivity index (χ0n) is 11.3. The first-order valence-electron chi connectivity index (χ1n) is 7.21. The third kappa shape index (κ3) is 2.27. The normalized spacial score (nSPS) is 28.2. The van der Waals surface area contributed by atoms with Crippen LogP contribution in [0.4, 0.5) is 0 Å². The summed E-state index contributed by atoms with van der Waals surface area (Å²) in [6.45, 7) is 8.47. The van der Waals surface area contributed by atoms with Gasteiger partial charge in [0.1, 0.15) is 5.84 Å². The van der Waals surface area contributed by atoms with Crippen LogP contribution in [0.15, 0.2) is 17.6 Å². The predicted molar refractivity (Wildman–Crippen MR) is 74.4 cm³/mol. The van der Waals surface area contributed by atoms with Crippen molar-refractivity contribution in [2.24, 2.45) is 10.4 Å². The van der Waals surface area contributed by atoms with E-state index < -0.39 is 0 Å². The molecule has 2 rings (SSSR count). The molecule has 2 unspecified atom stereocenters. The van der Waals surface area contributed by atoms with Gasteiger partial charge in [0.25, 0.3) is 0 Å². The third-order valence-electron chi connectivity index (χ3n) is 4.74. The third-order valence-corrected chi connectivity index (χ3v) is 4.74. The fraction of sp³-hybridized carbons (Fsp3) is 0.800. The fourth-order valence-electron chi connectivity index (χ4n) is 3.35. The molecular weight excluding hydrogens is 208 g/mol. The van der Waals surface area contributed by atoms with E-state index in [0.29, 0.717) is 12.1 Å². The standard InChI is InChI=1S/C15H26N2/c1-4-11-15(5-2,6-3)14-16-12-9-7-8-10-13(12)17-14/h4,12-13H,1,5-11H2,2-3H3,(H,16,17). The molecule has 1 aliphatic heterocycles. The highest BCUT2D eigenvalue weighted by Crippen LogP contribution is 2.36. The predicted octanol–water partition coefficient (Wildman–Crippen LogP) is 3.68. The molecule has 0 aromatic carbocycles. The van der Waals surface area contributed by atoms with Gasteiger partial charge in [-0.1, -0.05) is 32.8 Å². The van der Waals surface area contributed by atoms with Gasteiger partial charge >= 0.3 is 0 Å². The van der Waals surface area contributed by atoms with E-state index >= 15 is 0 Å². The minimum Gasteiger partial charge on any atom is -0.368 e. The van der Waals surface area contributed by atoms with Crippen LogP contribution in [-0.2, 0) is 0 Å². The Balaban J connectivity index is 2.17. The average molecular weight is 234 g/mol. The Kier molecular flexibility index (Phi) is 3.90. The van der Waals surface area contributed by atoms with Crippen LogP contribution in [-0.4, -0.2) is 17.9 Å². The number of hydrogen-bond donors (Lipinski definition) is 1. The highest BCUT2D eigenvalue weighted by Gasteiger charge is 2.39. The number of hydrogen-bond acceptors (Lipinski definition) is 2. The summed E-state index contributed by atoms with van der Waals surface area (Å²) in [7, 11) is 0. The molecule has 17 heavy (non-hydrogen) atoms. The molecular formula is C15H26N2. The lowest BCUT2D eigenvalue weighted by molar-refractivity contribution is 0.367. The molecule has 96 valence electrons. The van der Waals surface area contributed by atoms with Gasteiger partial charge in [-0.3, -0.25) is 4.99 Å². The first kappa shape index (κ1) is 12.7. The summed E-state index contributed by atoms with van der Waals surface area (Å²) in [5.41, 5.74) is 0.221. The molecule has 2 nitrogen and oxygen atoms in total. The van der Waals surface area contributed by atoms with Crippen LogP contribution >= 0.6 is 0 Å². The lowest BCUT2D eigenvalue weighted by atomic mass is 9.78. The van der Waals surface area contributed by atoms with Gasteiger partial charge in [-0.2, -0.15) is 0 Å². The second kappa shape index (κ2) is 5.24. The number of amidine groups is 1. The van der Waals surface area contributed by atoms with E-state index in [4.69, 9.17) is 4.99 Å². The molecule has 2 aliphatic rings. The van der Waals surface area contributed by atoms with Gasteiger partial charge in [0.05, 0.1) is 6.04 Å². The van der Waals surface area contributed by atoms with Crippen molar-refractivity contribution in [2.45, 2.75) is 70.9 Å². The van der Waals surface area contributed by atoms with Crippen molar-refractivity contribution in [3.8, 4) is 0 Å². The van der Waals surface area contributed by atoms with Crippen molar-refractivity contribution in [3.05, 3.63) is 12.7 Å². The summed E-state index contributed by atoms with van der Waals surface area (Å²) < 4.78 is 0. The Morgan fingerprint density at radius 1 is 1.35 bits per heavy atom. The largest absolute Gasteiger partial charge is 0.368 e. The highest BCUT2D eigenvalue weighted by molar-refractivity contribution is 5.90. The number of nitrogens with zero attached hydrogens (tertiary/aromatic N) is 1. The highest BCUT2D eigenvalue weighted by atomic mass is 15.1. The van der Waals surface area contributed by atoms with Crippen LogP contribution in [0.2, 0.25) is 0 Å². The van der Waals surface area contributed by atoms with Crippen molar-refractivity contribution in [1.82, 2.24) is 5.32 Å². The van der Waals surface area contributed by atoms with Crippen molar-refractivity contribution in [2.75, 3.05) is 0 Å². The Labute approximate surface area is 106 Å². The molecule has 0 radical (unpaired) electrons. The minimum absolute atomic E-state index is 0.221. The maximum Gasteiger partial charge on any atom is 0.104 e. The SMILES string of the molecule is C=CCC(CC)(CC)C1=NC2CCCCC2N1. The van der Waals surface area contributed by atoms with E-state index in [1.165, 1.54) is 31.5 Å². The van der Waals surface area contributed by atoms with Crippen LogP contribution in [0, 0.1) is 5.41 Å². The van der Waals surface area contributed by atoms with E-state index in [9.17, 15) is 0 Å². The maximum atomic E-state index is 5.00. The van der Waals surface area contributed by atoms with Gasteiger partial charge in [-0.05, 0) is 32.1 Å². The monoisotopic (exact) mass is 234 g/mol. The summed E-state index contributed by atoms with van der Waals surface area (Å²) in [6, 6.07) is 1.18. The van der Waals surface area contributed by atoms with Crippen LogP contribution in [0.3, 0.4) is 0 Å². The Morgan fingerprint density at radius 3 is 2.65 bits per heavy atom. The van der Waals surface area contributed by atoms with Crippen LogP contribution in [0.1, 0.15) is 58.8 Å². The maximum absolute atomic E-state index is 5.00. The van der Waals surface area contributed by atoms with Gasteiger partial charge < -0.3 is 5.32 Å². The second-order valence-electron chi connectivity index (χ2n) is 5.56.